The van der Waals surface area contributed by atoms with E-state index in [1.807, 2.05) is 0 Å². The molecule has 2 heteroatoms. The molecule has 0 saturated heterocycles. The van der Waals surface area contributed by atoms with Crippen molar-refractivity contribution in [2.45, 2.75) is 31.6 Å². The maximum atomic E-state index is 6.75. The van der Waals surface area contributed by atoms with Crippen molar-refractivity contribution >= 4 is 11.6 Å². The van der Waals surface area contributed by atoms with Crippen molar-refractivity contribution in [3.05, 3.63) is 64.7 Å². The third kappa shape index (κ3) is 2.80. The number of methoxy groups -OCH3 is 1. The molecule has 0 aliphatic heterocycles. The van der Waals surface area contributed by atoms with Gasteiger partial charge >= 0.3 is 0 Å². The van der Waals surface area contributed by atoms with Gasteiger partial charge in [0.05, 0.1) is 12.5 Å². The summed E-state index contributed by atoms with van der Waals surface area (Å²) in [6.45, 7) is 4.17. The van der Waals surface area contributed by atoms with E-state index < -0.39 is 0 Å². The highest BCUT2D eigenvalue weighted by Crippen LogP contribution is 2.56. The molecule has 3 atom stereocenters. The SMILES string of the molecule is COc1c(C)cc(C(Cl)C2CC2c2ccccc2)cc1C. The molecule has 0 heterocycles. The summed E-state index contributed by atoms with van der Waals surface area (Å²) >= 11 is 6.75. The zero-order valence-electron chi connectivity index (χ0n) is 12.8. The van der Waals surface area contributed by atoms with Gasteiger partial charge in [0.15, 0.2) is 0 Å². The first-order chi connectivity index (χ1) is 10.1. The third-order valence-electron chi connectivity index (χ3n) is 4.45. The van der Waals surface area contributed by atoms with Crippen LogP contribution in [-0.2, 0) is 0 Å². The van der Waals surface area contributed by atoms with Crippen LogP contribution >= 0.6 is 11.6 Å². The fourth-order valence-electron chi connectivity index (χ4n) is 3.33. The van der Waals surface area contributed by atoms with Crippen LogP contribution in [0.2, 0.25) is 0 Å². The van der Waals surface area contributed by atoms with E-state index in [1.54, 1.807) is 7.11 Å². The zero-order valence-corrected chi connectivity index (χ0v) is 13.5. The van der Waals surface area contributed by atoms with Crippen LogP contribution in [0.4, 0.5) is 0 Å². The molecule has 1 aliphatic carbocycles. The van der Waals surface area contributed by atoms with Crippen LogP contribution in [0.25, 0.3) is 0 Å². The zero-order chi connectivity index (χ0) is 15.0. The predicted molar refractivity (Wildman–Crippen MR) is 88.4 cm³/mol. The minimum Gasteiger partial charge on any atom is -0.496 e. The average Bonchev–Trinajstić information content (AvgIpc) is 3.27. The molecule has 1 nitrogen and oxygen atoms in total. The second-order valence-corrected chi connectivity index (χ2v) is 6.48. The van der Waals surface area contributed by atoms with Crippen molar-refractivity contribution in [1.82, 2.24) is 0 Å². The number of hydrogen-bond donors (Lipinski definition) is 0. The van der Waals surface area contributed by atoms with Gasteiger partial charge in [-0.3, -0.25) is 0 Å². The summed E-state index contributed by atoms with van der Waals surface area (Å²) in [5.74, 6) is 2.12. The van der Waals surface area contributed by atoms with Crippen molar-refractivity contribution in [3.8, 4) is 5.75 Å². The second-order valence-electron chi connectivity index (χ2n) is 6.01. The van der Waals surface area contributed by atoms with E-state index in [4.69, 9.17) is 16.3 Å². The topological polar surface area (TPSA) is 9.23 Å². The van der Waals surface area contributed by atoms with Gasteiger partial charge < -0.3 is 4.74 Å². The van der Waals surface area contributed by atoms with Gasteiger partial charge in [-0.1, -0.05) is 42.5 Å². The van der Waals surface area contributed by atoms with E-state index >= 15 is 0 Å². The highest BCUT2D eigenvalue weighted by atomic mass is 35.5. The Morgan fingerprint density at radius 3 is 2.29 bits per heavy atom. The van der Waals surface area contributed by atoms with E-state index in [-0.39, 0.29) is 5.38 Å². The van der Waals surface area contributed by atoms with Crippen LogP contribution in [0.1, 0.15) is 40.0 Å². The Bertz CT molecular complexity index is 612. The molecule has 1 fully saturated rings. The standard InChI is InChI=1S/C19H21ClO/c1-12-9-15(10-13(2)19(12)21-3)18(20)17-11-16(17)14-7-5-4-6-8-14/h4-10,16-18H,11H2,1-3H3. The van der Waals surface area contributed by atoms with Gasteiger partial charge in [0.2, 0.25) is 0 Å². The first kappa shape index (κ1) is 14.5. The highest BCUT2D eigenvalue weighted by molar-refractivity contribution is 6.21. The minimum atomic E-state index is 0.0820. The van der Waals surface area contributed by atoms with Crippen LogP contribution in [0.15, 0.2) is 42.5 Å². The first-order valence-corrected chi connectivity index (χ1v) is 7.89. The average molecular weight is 301 g/mol. The lowest BCUT2D eigenvalue weighted by molar-refractivity contribution is 0.408. The van der Waals surface area contributed by atoms with Crippen molar-refractivity contribution in [2.24, 2.45) is 5.92 Å². The van der Waals surface area contributed by atoms with Crippen LogP contribution < -0.4 is 4.74 Å². The summed E-state index contributed by atoms with van der Waals surface area (Å²) in [6.07, 6.45) is 1.18. The van der Waals surface area contributed by atoms with E-state index in [0.29, 0.717) is 11.8 Å². The molecule has 1 aliphatic rings. The Labute approximate surface area is 131 Å². The maximum absolute atomic E-state index is 6.75. The summed E-state index contributed by atoms with van der Waals surface area (Å²) in [5, 5.41) is 0.0820. The second kappa shape index (κ2) is 5.73. The van der Waals surface area contributed by atoms with E-state index in [2.05, 4.69) is 56.3 Å². The first-order valence-electron chi connectivity index (χ1n) is 7.46. The molecule has 2 aromatic carbocycles. The molecule has 110 valence electrons. The van der Waals surface area contributed by atoms with Crippen molar-refractivity contribution < 1.29 is 4.74 Å². The predicted octanol–water partition coefficient (Wildman–Crippen LogP) is 5.40. The van der Waals surface area contributed by atoms with Crippen LogP contribution in [0.5, 0.6) is 5.75 Å². The monoisotopic (exact) mass is 300 g/mol. The Balaban J connectivity index is 1.80. The van der Waals surface area contributed by atoms with Crippen molar-refractivity contribution in [1.29, 1.82) is 0 Å². The number of aryl methyl sites for hydroxylation is 2. The molecule has 3 rings (SSSR count). The number of benzene rings is 2. The van der Waals surface area contributed by atoms with Crippen molar-refractivity contribution in [3.63, 3.8) is 0 Å². The van der Waals surface area contributed by atoms with Gasteiger partial charge in [-0.15, -0.1) is 11.6 Å². The molecule has 0 N–H and O–H groups in total. The third-order valence-corrected chi connectivity index (χ3v) is 5.02. The molecule has 0 amide bonds. The molecule has 0 bridgehead atoms. The van der Waals surface area contributed by atoms with Gasteiger partial charge in [-0.25, -0.2) is 0 Å². The molecular weight excluding hydrogens is 280 g/mol. The quantitative estimate of drug-likeness (QED) is 0.687. The summed E-state index contributed by atoms with van der Waals surface area (Å²) in [5.41, 5.74) is 4.95. The smallest absolute Gasteiger partial charge is 0.124 e. The molecule has 1 saturated carbocycles. The van der Waals surface area contributed by atoms with E-state index in [9.17, 15) is 0 Å². The Morgan fingerprint density at radius 2 is 1.71 bits per heavy atom. The minimum absolute atomic E-state index is 0.0820. The summed E-state index contributed by atoms with van der Waals surface area (Å²) in [6, 6.07) is 15.0. The lowest BCUT2D eigenvalue weighted by atomic mass is 9.99. The number of rotatable bonds is 4. The van der Waals surface area contributed by atoms with Gasteiger partial charge in [0.1, 0.15) is 5.75 Å². The summed E-state index contributed by atoms with van der Waals surface area (Å²) < 4.78 is 5.43. The number of alkyl halides is 1. The van der Waals surface area contributed by atoms with Crippen LogP contribution in [-0.4, -0.2) is 7.11 Å². The van der Waals surface area contributed by atoms with E-state index in [0.717, 1.165) is 16.9 Å². The largest absolute Gasteiger partial charge is 0.496 e. The summed E-state index contributed by atoms with van der Waals surface area (Å²) in [7, 11) is 1.72. The van der Waals surface area contributed by atoms with Gasteiger partial charge in [0.25, 0.3) is 0 Å². The number of halogens is 1. The van der Waals surface area contributed by atoms with Crippen LogP contribution in [0, 0.1) is 19.8 Å². The molecule has 2 aromatic rings. The normalized spacial score (nSPS) is 21.9. The Kier molecular flexibility index (Phi) is 3.95. The van der Waals surface area contributed by atoms with E-state index in [1.165, 1.54) is 17.5 Å². The van der Waals surface area contributed by atoms with Crippen LogP contribution in [0.3, 0.4) is 0 Å². The Morgan fingerprint density at radius 1 is 1.10 bits per heavy atom. The molecular formula is C19H21ClO. The highest BCUT2D eigenvalue weighted by Gasteiger charge is 2.43. The molecule has 0 spiro atoms. The van der Waals surface area contributed by atoms with Gasteiger partial charge in [-0.2, -0.15) is 0 Å². The lowest BCUT2D eigenvalue weighted by Gasteiger charge is -2.15. The molecule has 3 unspecified atom stereocenters. The number of ether oxygens (including phenoxy) is 1. The fourth-order valence-corrected chi connectivity index (χ4v) is 3.74. The van der Waals surface area contributed by atoms with Gasteiger partial charge in [0, 0.05) is 0 Å². The maximum Gasteiger partial charge on any atom is 0.124 e. The molecule has 21 heavy (non-hydrogen) atoms. The Hall–Kier alpha value is -1.47. The fraction of sp³-hybridized carbons (Fsp3) is 0.368. The number of hydrogen-bond acceptors (Lipinski definition) is 1. The van der Waals surface area contributed by atoms with Crippen molar-refractivity contribution in [2.75, 3.05) is 7.11 Å². The van der Waals surface area contributed by atoms with Gasteiger partial charge in [-0.05, 0) is 54.4 Å². The molecule has 0 radical (unpaired) electrons. The molecule has 0 aromatic heterocycles. The lowest BCUT2D eigenvalue weighted by Crippen LogP contribution is -1.99. The summed E-state index contributed by atoms with van der Waals surface area (Å²) in [4.78, 5) is 0.